The second kappa shape index (κ2) is 6.53. The van der Waals surface area contributed by atoms with Crippen LogP contribution in [0.5, 0.6) is 0 Å². The molecule has 0 atom stereocenters. The molecule has 0 N–H and O–H groups in total. The summed E-state index contributed by atoms with van der Waals surface area (Å²) in [4.78, 5) is 0. The first-order valence-electron chi connectivity index (χ1n) is 7.32. The van der Waals surface area contributed by atoms with Crippen LogP contribution in [0.4, 0.5) is 0 Å². The maximum atomic E-state index is 8.78. The fourth-order valence-electron chi connectivity index (χ4n) is 2.63. The number of nitriles is 1. The van der Waals surface area contributed by atoms with E-state index >= 15 is 0 Å². The summed E-state index contributed by atoms with van der Waals surface area (Å²) in [5.74, 6) is 1.59. The predicted molar refractivity (Wildman–Crippen MR) is 90.0 cm³/mol. The summed E-state index contributed by atoms with van der Waals surface area (Å²) in [5.41, 5.74) is 8.26. The summed E-state index contributed by atoms with van der Waals surface area (Å²) in [6.45, 7) is 11.0. The molecule has 1 heterocycles. The van der Waals surface area contributed by atoms with Crippen LogP contribution in [0.25, 0.3) is 0 Å². The van der Waals surface area contributed by atoms with E-state index in [1.807, 2.05) is 11.6 Å². The van der Waals surface area contributed by atoms with Crippen molar-refractivity contribution in [3.63, 3.8) is 0 Å². The van der Waals surface area contributed by atoms with Crippen LogP contribution in [0.15, 0.2) is 5.16 Å². The molecule has 1 aromatic heterocycles. The Labute approximate surface area is 136 Å². The molecule has 0 bridgehead atoms. The lowest BCUT2D eigenvalue weighted by Gasteiger charge is -2.18. The van der Waals surface area contributed by atoms with Gasteiger partial charge in [0.15, 0.2) is 5.16 Å². The van der Waals surface area contributed by atoms with Crippen molar-refractivity contribution in [1.82, 2.24) is 14.8 Å². The topological polar surface area (TPSA) is 54.5 Å². The van der Waals surface area contributed by atoms with Crippen LogP contribution in [0, 0.1) is 45.9 Å². The van der Waals surface area contributed by atoms with Crippen LogP contribution >= 0.6 is 11.8 Å². The van der Waals surface area contributed by atoms with Gasteiger partial charge in [0.1, 0.15) is 5.82 Å². The van der Waals surface area contributed by atoms with Gasteiger partial charge >= 0.3 is 0 Å². The van der Waals surface area contributed by atoms with E-state index in [0.29, 0.717) is 6.42 Å². The molecule has 0 aliphatic carbocycles. The number of rotatable bonds is 4. The third-order valence-corrected chi connectivity index (χ3v) is 5.71. The summed E-state index contributed by atoms with van der Waals surface area (Å²) in [6.07, 6.45) is 0.296. The van der Waals surface area contributed by atoms with E-state index in [-0.39, 0.29) is 0 Å². The van der Waals surface area contributed by atoms with Gasteiger partial charge in [0.25, 0.3) is 0 Å². The van der Waals surface area contributed by atoms with Gasteiger partial charge in [0.05, 0.1) is 12.5 Å². The van der Waals surface area contributed by atoms with Gasteiger partial charge in [-0.05, 0) is 68.0 Å². The lowest BCUT2D eigenvalue weighted by atomic mass is 9.90. The Bertz CT molecular complexity index is 724. The molecule has 116 valence electrons. The number of thioether (sulfide) groups is 1. The number of benzene rings is 1. The zero-order valence-corrected chi connectivity index (χ0v) is 14.9. The largest absolute Gasteiger partial charge is 0.308 e. The van der Waals surface area contributed by atoms with Crippen LogP contribution < -0.4 is 0 Å². The minimum absolute atomic E-state index is 0.296. The molecule has 1 aromatic carbocycles. The highest BCUT2D eigenvalue weighted by molar-refractivity contribution is 7.98. The average molecular weight is 314 g/mol. The fraction of sp³-hybridized carbons (Fsp3) is 0.471. The van der Waals surface area contributed by atoms with Crippen molar-refractivity contribution >= 4 is 11.8 Å². The van der Waals surface area contributed by atoms with E-state index in [1.165, 1.54) is 33.4 Å². The highest BCUT2D eigenvalue weighted by Gasteiger charge is 2.14. The van der Waals surface area contributed by atoms with Gasteiger partial charge in [0.2, 0.25) is 0 Å². The highest BCUT2D eigenvalue weighted by Crippen LogP contribution is 2.31. The Balaban J connectivity index is 2.28. The first kappa shape index (κ1) is 16.6. The van der Waals surface area contributed by atoms with E-state index in [0.717, 1.165) is 16.7 Å². The molecule has 0 fully saturated rings. The molecule has 0 amide bonds. The van der Waals surface area contributed by atoms with Crippen molar-refractivity contribution in [2.45, 2.75) is 51.9 Å². The van der Waals surface area contributed by atoms with Crippen molar-refractivity contribution in [2.24, 2.45) is 7.05 Å². The molecule has 0 saturated carbocycles. The number of aromatic nitrogens is 3. The fourth-order valence-corrected chi connectivity index (χ4v) is 3.73. The molecule has 0 aliphatic heterocycles. The van der Waals surface area contributed by atoms with Gasteiger partial charge in [-0.3, -0.25) is 0 Å². The quantitative estimate of drug-likeness (QED) is 0.807. The third kappa shape index (κ3) is 2.89. The average Bonchev–Trinajstić information content (AvgIpc) is 2.84. The van der Waals surface area contributed by atoms with Crippen molar-refractivity contribution in [3.05, 3.63) is 39.2 Å². The van der Waals surface area contributed by atoms with Gasteiger partial charge in [-0.1, -0.05) is 11.8 Å². The predicted octanol–water partition coefficient (Wildman–Crippen LogP) is 3.72. The first-order chi connectivity index (χ1) is 10.4. The third-order valence-electron chi connectivity index (χ3n) is 4.66. The van der Waals surface area contributed by atoms with Gasteiger partial charge < -0.3 is 4.57 Å². The van der Waals surface area contributed by atoms with Crippen LogP contribution in [0.1, 0.15) is 39.2 Å². The molecular formula is C17H22N4S. The minimum atomic E-state index is 0.296. The second-order valence-corrected chi connectivity index (χ2v) is 6.63. The van der Waals surface area contributed by atoms with E-state index < -0.39 is 0 Å². The first-order valence-corrected chi connectivity index (χ1v) is 8.30. The van der Waals surface area contributed by atoms with E-state index in [2.05, 4.69) is 50.9 Å². The maximum absolute atomic E-state index is 8.78. The number of hydrogen-bond donors (Lipinski definition) is 0. The molecule has 5 heteroatoms. The van der Waals surface area contributed by atoms with Gasteiger partial charge in [-0.15, -0.1) is 10.2 Å². The lowest BCUT2D eigenvalue weighted by molar-refractivity contribution is 0.754. The molecule has 0 saturated heterocycles. The molecule has 0 aliphatic rings. The van der Waals surface area contributed by atoms with Crippen LogP contribution in [0.3, 0.4) is 0 Å². The second-order valence-electron chi connectivity index (χ2n) is 5.68. The smallest absolute Gasteiger partial charge is 0.191 e. The van der Waals surface area contributed by atoms with Gasteiger partial charge in [-0.25, -0.2) is 0 Å². The standard InChI is InChI=1S/C17H22N4S/c1-10-11(2)13(4)15(14(5)12(10)3)9-22-17-20-19-16(7-8-18)21(17)6/h7,9H2,1-6H3. The Morgan fingerprint density at radius 1 is 0.955 bits per heavy atom. The normalized spacial score (nSPS) is 10.8. The maximum Gasteiger partial charge on any atom is 0.191 e. The van der Waals surface area contributed by atoms with Gasteiger partial charge in [0, 0.05) is 12.8 Å². The summed E-state index contributed by atoms with van der Waals surface area (Å²) in [6, 6.07) is 2.12. The highest BCUT2D eigenvalue weighted by atomic mass is 32.2. The van der Waals surface area contributed by atoms with Crippen molar-refractivity contribution in [1.29, 1.82) is 5.26 Å². The van der Waals surface area contributed by atoms with Crippen molar-refractivity contribution in [3.8, 4) is 6.07 Å². The van der Waals surface area contributed by atoms with E-state index in [4.69, 9.17) is 5.26 Å². The van der Waals surface area contributed by atoms with Gasteiger partial charge in [-0.2, -0.15) is 5.26 Å². The Kier molecular flexibility index (Phi) is 4.92. The lowest BCUT2D eigenvalue weighted by Crippen LogP contribution is -2.03. The summed E-state index contributed by atoms with van der Waals surface area (Å²) in [5, 5.41) is 17.9. The minimum Gasteiger partial charge on any atom is -0.308 e. The van der Waals surface area contributed by atoms with Crippen LogP contribution in [0.2, 0.25) is 0 Å². The SMILES string of the molecule is Cc1c(C)c(C)c(CSc2nnc(CC#N)n2C)c(C)c1C. The zero-order chi connectivity index (χ0) is 16.4. The van der Waals surface area contributed by atoms with E-state index in [1.54, 1.807) is 11.8 Å². The van der Waals surface area contributed by atoms with Crippen LogP contribution in [-0.4, -0.2) is 14.8 Å². The Morgan fingerprint density at radius 3 is 2.05 bits per heavy atom. The molecule has 0 radical (unpaired) electrons. The van der Waals surface area contributed by atoms with Crippen molar-refractivity contribution < 1.29 is 0 Å². The summed E-state index contributed by atoms with van der Waals surface area (Å²) >= 11 is 1.68. The Morgan fingerprint density at radius 2 is 1.50 bits per heavy atom. The molecule has 2 rings (SSSR count). The summed E-state index contributed by atoms with van der Waals surface area (Å²) < 4.78 is 1.91. The monoisotopic (exact) mass is 314 g/mol. The molecule has 4 nitrogen and oxygen atoms in total. The summed E-state index contributed by atoms with van der Waals surface area (Å²) in [7, 11) is 1.92. The number of hydrogen-bond acceptors (Lipinski definition) is 4. The molecule has 22 heavy (non-hydrogen) atoms. The van der Waals surface area contributed by atoms with Crippen LogP contribution in [-0.2, 0) is 19.2 Å². The molecule has 0 unspecified atom stereocenters. The zero-order valence-electron chi connectivity index (χ0n) is 14.1. The molecule has 2 aromatic rings. The van der Waals surface area contributed by atoms with E-state index in [9.17, 15) is 0 Å². The Hall–Kier alpha value is -1.80. The molecular weight excluding hydrogens is 292 g/mol. The molecule has 0 spiro atoms. The van der Waals surface area contributed by atoms with Crippen molar-refractivity contribution in [2.75, 3.05) is 0 Å². The number of nitrogens with zero attached hydrogens (tertiary/aromatic N) is 4.